The van der Waals surface area contributed by atoms with E-state index in [1.807, 2.05) is 38.2 Å². The van der Waals surface area contributed by atoms with Crippen molar-refractivity contribution in [3.05, 3.63) is 48.4 Å². The second-order valence-electron chi connectivity index (χ2n) is 5.16. The van der Waals surface area contributed by atoms with Crippen molar-refractivity contribution in [2.75, 3.05) is 11.1 Å². The van der Waals surface area contributed by atoms with E-state index >= 15 is 0 Å². The van der Waals surface area contributed by atoms with Gasteiger partial charge in [0.05, 0.1) is 11.9 Å². The molecule has 0 aliphatic heterocycles. The van der Waals surface area contributed by atoms with E-state index < -0.39 is 0 Å². The third-order valence-electron chi connectivity index (χ3n) is 3.26. The molecule has 3 rings (SSSR count). The summed E-state index contributed by atoms with van der Waals surface area (Å²) in [5, 5.41) is 11.8. The highest BCUT2D eigenvalue weighted by atomic mass is 32.2. The van der Waals surface area contributed by atoms with E-state index in [1.54, 1.807) is 23.2 Å². The van der Waals surface area contributed by atoms with Gasteiger partial charge in [0, 0.05) is 25.1 Å². The van der Waals surface area contributed by atoms with Crippen LogP contribution in [0.25, 0.3) is 11.5 Å². The molecule has 0 atom stereocenters. The molecule has 2 aromatic heterocycles. The van der Waals surface area contributed by atoms with E-state index in [-0.39, 0.29) is 11.7 Å². The first-order valence-corrected chi connectivity index (χ1v) is 8.27. The van der Waals surface area contributed by atoms with Gasteiger partial charge in [-0.3, -0.25) is 9.78 Å². The van der Waals surface area contributed by atoms with Crippen molar-refractivity contribution < 1.29 is 4.79 Å². The Kier molecular flexibility index (Phi) is 4.85. The minimum absolute atomic E-state index is 0.0883. The molecular formula is C16H16N6OS. The first-order valence-electron chi connectivity index (χ1n) is 7.28. The molecule has 0 saturated carbocycles. The van der Waals surface area contributed by atoms with Gasteiger partial charge >= 0.3 is 0 Å². The van der Waals surface area contributed by atoms with Crippen LogP contribution >= 0.6 is 11.8 Å². The number of thioether (sulfide) groups is 1. The molecule has 0 radical (unpaired) electrons. The number of benzene rings is 1. The smallest absolute Gasteiger partial charge is 0.234 e. The van der Waals surface area contributed by atoms with Crippen molar-refractivity contribution in [3.8, 4) is 11.5 Å². The van der Waals surface area contributed by atoms with Gasteiger partial charge in [0.15, 0.2) is 11.0 Å². The topological polar surface area (TPSA) is 85.6 Å². The lowest BCUT2D eigenvalue weighted by Gasteiger charge is -2.06. The average molecular weight is 340 g/mol. The summed E-state index contributed by atoms with van der Waals surface area (Å²) in [5.41, 5.74) is 2.53. The number of rotatable bonds is 5. The van der Waals surface area contributed by atoms with Crippen molar-refractivity contribution in [2.24, 2.45) is 7.05 Å². The third kappa shape index (κ3) is 3.77. The van der Waals surface area contributed by atoms with Gasteiger partial charge in [0.1, 0.15) is 5.69 Å². The lowest BCUT2D eigenvalue weighted by molar-refractivity contribution is -0.113. The van der Waals surface area contributed by atoms with Crippen molar-refractivity contribution >= 4 is 23.4 Å². The lowest BCUT2D eigenvalue weighted by Crippen LogP contribution is -2.14. The van der Waals surface area contributed by atoms with Crippen LogP contribution < -0.4 is 5.32 Å². The van der Waals surface area contributed by atoms with Crippen LogP contribution in [-0.4, -0.2) is 36.4 Å². The molecule has 24 heavy (non-hydrogen) atoms. The van der Waals surface area contributed by atoms with Crippen molar-refractivity contribution in [3.63, 3.8) is 0 Å². The first kappa shape index (κ1) is 16.1. The minimum atomic E-state index is -0.0883. The van der Waals surface area contributed by atoms with Crippen LogP contribution in [0, 0.1) is 6.92 Å². The van der Waals surface area contributed by atoms with E-state index in [2.05, 4.69) is 25.5 Å². The maximum Gasteiger partial charge on any atom is 0.234 e. The summed E-state index contributed by atoms with van der Waals surface area (Å²) in [7, 11) is 1.84. The van der Waals surface area contributed by atoms with E-state index in [4.69, 9.17) is 0 Å². The van der Waals surface area contributed by atoms with Gasteiger partial charge in [0.25, 0.3) is 0 Å². The number of aryl methyl sites for hydroxylation is 1. The normalized spacial score (nSPS) is 10.6. The summed E-state index contributed by atoms with van der Waals surface area (Å²) in [6.07, 6.45) is 4.83. The standard InChI is InChI=1S/C16H16N6OS/c1-11-4-3-5-12(8-11)19-14(23)10-24-16-21-20-15(22(16)2)13-9-17-6-7-18-13/h3-9H,10H2,1-2H3,(H,19,23). The fourth-order valence-corrected chi connectivity index (χ4v) is 2.84. The van der Waals surface area contributed by atoms with E-state index in [1.165, 1.54) is 11.8 Å². The van der Waals surface area contributed by atoms with E-state index in [0.717, 1.165) is 11.3 Å². The predicted octanol–water partition coefficient (Wildman–Crippen LogP) is 2.31. The number of nitrogens with one attached hydrogen (secondary N) is 1. The fourth-order valence-electron chi connectivity index (χ4n) is 2.13. The number of carbonyl (C=O) groups is 1. The third-order valence-corrected chi connectivity index (χ3v) is 4.28. The van der Waals surface area contributed by atoms with E-state index in [9.17, 15) is 4.79 Å². The Bertz CT molecular complexity index is 849. The second-order valence-corrected chi connectivity index (χ2v) is 6.10. The fraction of sp³-hybridized carbons (Fsp3) is 0.188. The monoisotopic (exact) mass is 340 g/mol. The maximum atomic E-state index is 12.1. The van der Waals surface area contributed by atoms with E-state index in [0.29, 0.717) is 16.7 Å². The van der Waals surface area contributed by atoms with Gasteiger partial charge in [-0.15, -0.1) is 10.2 Å². The number of anilines is 1. The molecule has 1 amide bonds. The molecule has 3 aromatic rings. The van der Waals surface area contributed by atoms with Crippen LogP contribution in [0.4, 0.5) is 5.69 Å². The number of hydrogen-bond acceptors (Lipinski definition) is 6. The van der Waals surface area contributed by atoms with Gasteiger partial charge in [-0.2, -0.15) is 0 Å². The van der Waals surface area contributed by atoms with Crippen molar-refractivity contribution in [1.82, 2.24) is 24.7 Å². The number of nitrogens with zero attached hydrogens (tertiary/aromatic N) is 5. The molecule has 0 spiro atoms. The molecule has 0 aliphatic rings. The highest BCUT2D eigenvalue weighted by Crippen LogP contribution is 2.21. The average Bonchev–Trinajstić information content (AvgIpc) is 2.94. The van der Waals surface area contributed by atoms with Crippen LogP contribution in [0.3, 0.4) is 0 Å². The number of amides is 1. The molecule has 2 heterocycles. The van der Waals surface area contributed by atoms with Crippen LogP contribution in [0.5, 0.6) is 0 Å². The summed E-state index contributed by atoms with van der Waals surface area (Å²) < 4.78 is 1.80. The molecule has 1 N–H and O–H groups in total. The Balaban J connectivity index is 1.63. The van der Waals surface area contributed by atoms with Crippen molar-refractivity contribution in [2.45, 2.75) is 12.1 Å². The Labute approximate surface area is 143 Å². The zero-order valence-corrected chi connectivity index (χ0v) is 14.1. The van der Waals surface area contributed by atoms with Crippen LogP contribution in [0.2, 0.25) is 0 Å². The molecular weight excluding hydrogens is 324 g/mol. The van der Waals surface area contributed by atoms with Gasteiger partial charge in [-0.1, -0.05) is 23.9 Å². The first-order chi connectivity index (χ1) is 11.6. The largest absolute Gasteiger partial charge is 0.325 e. The Hall–Kier alpha value is -2.74. The number of aromatic nitrogens is 5. The van der Waals surface area contributed by atoms with Crippen LogP contribution in [0.15, 0.2) is 48.0 Å². The Morgan fingerprint density at radius 3 is 2.92 bits per heavy atom. The number of carbonyl (C=O) groups excluding carboxylic acids is 1. The zero-order chi connectivity index (χ0) is 16.9. The predicted molar refractivity (Wildman–Crippen MR) is 92.6 cm³/mol. The summed E-state index contributed by atoms with van der Waals surface area (Å²) in [6, 6.07) is 7.69. The Morgan fingerprint density at radius 1 is 1.29 bits per heavy atom. The minimum Gasteiger partial charge on any atom is -0.325 e. The number of hydrogen-bond donors (Lipinski definition) is 1. The highest BCUT2D eigenvalue weighted by Gasteiger charge is 2.13. The molecule has 7 nitrogen and oxygen atoms in total. The van der Waals surface area contributed by atoms with Crippen LogP contribution in [-0.2, 0) is 11.8 Å². The summed E-state index contributed by atoms with van der Waals surface area (Å²) in [5.74, 6) is 0.778. The van der Waals surface area contributed by atoms with Gasteiger partial charge in [-0.25, -0.2) is 4.98 Å². The summed E-state index contributed by atoms with van der Waals surface area (Å²) >= 11 is 1.32. The zero-order valence-electron chi connectivity index (χ0n) is 13.3. The Morgan fingerprint density at radius 2 is 2.17 bits per heavy atom. The van der Waals surface area contributed by atoms with Crippen molar-refractivity contribution in [1.29, 1.82) is 0 Å². The molecule has 1 aromatic carbocycles. The lowest BCUT2D eigenvalue weighted by atomic mass is 10.2. The SMILES string of the molecule is Cc1cccc(NC(=O)CSc2nnc(-c3cnccn3)n2C)c1. The molecule has 122 valence electrons. The molecule has 8 heteroatoms. The highest BCUT2D eigenvalue weighted by molar-refractivity contribution is 7.99. The maximum absolute atomic E-state index is 12.1. The molecule has 0 aliphatic carbocycles. The quantitative estimate of drug-likeness (QED) is 0.717. The molecule has 0 bridgehead atoms. The van der Waals surface area contributed by atoms with Gasteiger partial charge < -0.3 is 9.88 Å². The molecule has 0 saturated heterocycles. The molecule has 0 unspecified atom stereocenters. The van der Waals surface area contributed by atoms with Crippen LogP contribution in [0.1, 0.15) is 5.56 Å². The second kappa shape index (κ2) is 7.22. The summed E-state index contributed by atoms with van der Waals surface area (Å²) in [6.45, 7) is 1.98. The van der Waals surface area contributed by atoms with Gasteiger partial charge in [0.2, 0.25) is 5.91 Å². The summed E-state index contributed by atoms with van der Waals surface area (Å²) in [4.78, 5) is 20.3. The molecule has 0 fully saturated rings. The van der Waals surface area contributed by atoms with Gasteiger partial charge in [-0.05, 0) is 24.6 Å².